The molecule has 2 unspecified atom stereocenters. The van der Waals surface area contributed by atoms with Gasteiger partial charge >= 0.3 is 0 Å². The van der Waals surface area contributed by atoms with Gasteiger partial charge < -0.3 is 10.0 Å². The van der Waals surface area contributed by atoms with Gasteiger partial charge in [-0.2, -0.15) is 0 Å². The Labute approximate surface area is 113 Å². The van der Waals surface area contributed by atoms with Crippen molar-refractivity contribution in [3.8, 4) is 0 Å². The highest BCUT2D eigenvalue weighted by molar-refractivity contribution is 4.87. The predicted octanol–water partition coefficient (Wildman–Crippen LogP) is 3.44. The Kier molecular flexibility index (Phi) is 4.71. The average molecular weight is 253 g/mol. The molecule has 2 nitrogen and oxygen atoms in total. The summed E-state index contributed by atoms with van der Waals surface area (Å²) in [5, 5.41) is 10.2. The first-order valence-corrected chi connectivity index (χ1v) is 7.86. The van der Waals surface area contributed by atoms with Gasteiger partial charge in [-0.05, 0) is 50.5 Å². The van der Waals surface area contributed by atoms with E-state index in [9.17, 15) is 5.11 Å². The van der Waals surface area contributed by atoms with E-state index in [-0.39, 0.29) is 6.10 Å². The Morgan fingerprint density at radius 1 is 1.11 bits per heavy atom. The molecule has 1 N–H and O–H groups in total. The van der Waals surface area contributed by atoms with E-state index in [1.165, 1.54) is 44.9 Å². The van der Waals surface area contributed by atoms with E-state index in [4.69, 9.17) is 0 Å². The van der Waals surface area contributed by atoms with Crippen molar-refractivity contribution in [3.05, 3.63) is 0 Å². The maximum absolute atomic E-state index is 10.2. The molecule has 2 saturated carbocycles. The Morgan fingerprint density at radius 3 is 2.44 bits per heavy atom. The summed E-state index contributed by atoms with van der Waals surface area (Å²) in [5.74, 6) is 0.487. The molecule has 2 heteroatoms. The van der Waals surface area contributed by atoms with Crippen LogP contribution in [0.2, 0.25) is 0 Å². The first-order valence-electron chi connectivity index (χ1n) is 7.86. The molecule has 2 aliphatic carbocycles. The topological polar surface area (TPSA) is 23.5 Å². The Balaban J connectivity index is 1.86. The molecule has 106 valence electrons. The van der Waals surface area contributed by atoms with E-state index in [0.29, 0.717) is 11.3 Å². The van der Waals surface area contributed by atoms with Crippen LogP contribution in [0.4, 0.5) is 0 Å². The monoisotopic (exact) mass is 253 g/mol. The standard InChI is InChI=1S/C16H31NO/c1-16(2)10-9-15(18)13(11-16)12-17(3)14-7-5-4-6-8-14/h13-15,18H,4-12H2,1-3H3. The zero-order valence-electron chi connectivity index (χ0n) is 12.5. The van der Waals surface area contributed by atoms with Crippen LogP contribution < -0.4 is 0 Å². The van der Waals surface area contributed by atoms with E-state index in [1.54, 1.807) is 0 Å². The lowest BCUT2D eigenvalue weighted by Crippen LogP contribution is -2.43. The van der Waals surface area contributed by atoms with Gasteiger partial charge in [-0.15, -0.1) is 0 Å². The van der Waals surface area contributed by atoms with Gasteiger partial charge in [-0.3, -0.25) is 0 Å². The molecule has 0 aliphatic heterocycles. The first kappa shape index (κ1) is 14.3. The molecular weight excluding hydrogens is 222 g/mol. The summed E-state index contributed by atoms with van der Waals surface area (Å²) in [7, 11) is 2.27. The van der Waals surface area contributed by atoms with Gasteiger partial charge in [-0.25, -0.2) is 0 Å². The lowest BCUT2D eigenvalue weighted by molar-refractivity contribution is -0.000343. The quantitative estimate of drug-likeness (QED) is 0.833. The molecule has 0 saturated heterocycles. The van der Waals surface area contributed by atoms with Crippen LogP contribution in [0.1, 0.15) is 65.2 Å². The smallest absolute Gasteiger partial charge is 0.0581 e. The van der Waals surface area contributed by atoms with Crippen molar-refractivity contribution in [2.45, 2.75) is 77.4 Å². The molecule has 2 fully saturated rings. The third kappa shape index (κ3) is 3.71. The Hall–Kier alpha value is -0.0800. The molecule has 0 heterocycles. The van der Waals surface area contributed by atoms with Crippen molar-refractivity contribution in [1.82, 2.24) is 4.90 Å². The predicted molar refractivity (Wildman–Crippen MR) is 76.6 cm³/mol. The average Bonchev–Trinajstić information content (AvgIpc) is 2.35. The maximum atomic E-state index is 10.2. The Morgan fingerprint density at radius 2 is 1.78 bits per heavy atom. The number of nitrogens with zero attached hydrogens (tertiary/aromatic N) is 1. The van der Waals surface area contributed by atoms with Crippen molar-refractivity contribution >= 4 is 0 Å². The largest absolute Gasteiger partial charge is 0.393 e. The summed E-state index contributed by atoms with van der Waals surface area (Å²) < 4.78 is 0. The SMILES string of the molecule is CN(CC1CC(C)(C)CCC1O)C1CCCCC1. The second-order valence-electron chi connectivity index (χ2n) is 7.47. The van der Waals surface area contributed by atoms with Crippen LogP contribution in [0.25, 0.3) is 0 Å². The van der Waals surface area contributed by atoms with E-state index in [2.05, 4.69) is 25.8 Å². The molecule has 0 aromatic rings. The molecular formula is C16H31NO. The van der Waals surface area contributed by atoms with Crippen LogP contribution in [0.15, 0.2) is 0 Å². The fraction of sp³-hybridized carbons (Fsp3) is 1.00. The van der Waals surface area contributed by atoms with E-state index in [1.807, 2.05) is 0 Å². The summed E-state index contributed by atoms with van der Waals surface area (Å²) in [6, 6.07) is 0.774. The highest BCUT2D eigenvalue weighted by atomic mass is 16.3. The summed E-state index contributed by atoms with van der Waals surface area (Å²) in [5.41, 5.74) is 0.428. The van der Waals surface area contributed by atoms with E-state index in [0.717, 1.165) is 19.0 Å². The number of hydrogen-bond acceptors (Lipinski definition) is 2. The van der Waals surface area contributed by atoms with Crippen molar-refractivity contribution in [3.63, 3.8) is 0 Å². The van der Waals surface area contributed by atoms with Crippen molar-refractivity contribution < 1.29 is 5.11 Å². The van der Waals surface area contributed by atoms with Crippen LogP contribution in [0, 0.1) is 11.3 Å². The molecule has 2 rings (SSSR count). The lowest BCUT2D eigenvalue weighted by Gasteiger charge is -2.42. The number of rotatable bonds is 3. The highest BCUT2D eigenvalue weighted by Crippen LogP contribution is 2.39. The molecule has 2 atom stereocenters. The van der Waals surface area contributed by atoms with E-state index < -0.39 is 0 Å². The minimum Gasteiger partial charge on any atom is -0.393 e. The third-order valence-corrected chi connectivity index (χ3v) is 5.20. The number of aliphatic hydroxyl groups is 1. The van der Waals surface area contributed by atoms with Gasteiger partial charge in [0.15, 0.2) is 0 Å². The molecule has 18 heavy (non-hydrogen) atoms. The van der Waals surface area contributed by atoms with Crippen LogP contribution in [-0.4, -0.2) is 35.7 Å². The molecule has 0 aromatic heterocycles. The molecule has 0 amide bonds. The molecule has 0 bridgehead atoms. The normalized spacial score (nSPS) is 33.8. The number of hydrogen-bond donors (Lipinski definition) is 1. The van der Waals surface area contributed by atoms with Crippen LogP contribution >= 0.6 is 0 Å². The van der Waals surface area contributed by atoms with Gasteiger partial charge in [0.1, 0.15) is 0 Å². The second kappa shape index (κ2) is 5.92. The lowest BCUT2D eigenvalue weighted by atomic mass is 9.70. The summed E-state index contributed by atoms with van der Waals surface area (Å²) in [6.07, 6.45) is 10.2. The van der Waals surface area contributed by atoms with Gasteiger partial charge in [0.25, 0.3) is 0 Å². The summed E-state index contributed by atoms with van der Waals surface area (Å²) >= 11 is 0. The van der Waals surface area contributed by atoms with Gasteiger partial charge in [-0.1, -0.05) is 33.1 Å². The van der Waals surface area contributed by atoms with E-state index >= 15 is 0 Å². The van der Waals surface area contributed by atoms with Crippen molar-refractivity contribution in [2.24, 2.45) is 11.3 Å². The van der Waals surface area contributed by atoms with Gasteiger partial charge in [0, 0.05) is 12.6 Å². The fourth-order valence-corrected chi connectivity index (χ4v) is 3.95. The van der Waals surface area contributed by atoms with Crippen LogP contribution in [0.5, 0.6) is 0 Å². The van der Waals surface area contributed by atoms with Crippen molar-refractivity contribution in [1.29, 1.82) is 0 Å². The first-order chi connectivity index (χ1) is 8.48. The molecule has 2 aliphatic rings. The van der Waals surface area contributed by atoms with Gasteiger partial charge in [0.05, 0.1) is 6.10 Å². The summed E-state index contributed by atoms with van der Waals surface area (Å²) in [4.78, 5) is 2.54. The highest BCUT2D eigenvalue weighted by Gasteiger charge is 2.35. The fourth-order valence-electron chi connectivity index (χ4n) is 3.95. The van der Waals surface area contributed by atoms with Crippen LogP contribution in [-0.2, 0) is 0 Å². The maximum Gasteiger partial charge on any atom is 0.0581 e. The minimum atomic E-state index is -0.0657. The van der Waals surface area contributed by atoms with Crippen molar-refractivity contribution in [2.75, 3.05) is 13.6 Å². The molecule has 0 radical (unpaired) electrons. The summed E-state index contributed by atoms with van der Waals surface area (Å²) in [6.45, 7) is 5.80. The minimum absolute atomic E-state index is 0.0657. The van der Waals surface area contributed by atoms with Gasteiger partial charge in [0.2, 0.25) is 0 Å². The second-order valence-corrected chi connectivity index (χ2v) is 7.47. The number of aliphatic hydroxyl groups excluding tert-OH is 1. The molecule has 0 aromatic carbocycles. The third-order valence-electron chi connectivity index (χ3n) is 5.20. The Bertz CT molecular complexity index is 258. The van der Waals surface area contributed by atoms with Crippen LogP contribution in [0.3, 0.4) is 0 Å². The zero-order valence-corrected chi connectivity index (χ0v) is 12.5. The zero-order chi connectivity index (χ0) is 13.2. The molecule has 0 spiro atoms.